The van der Waals surface area contributed by atoms with Gasteiger partial charge in [0.15, 0.2) is 0 Å². The van der Waals surface area contributed by atoms with Crippen LogP contribution in [0.25, 0.3) is 0 Å². The number of fused-ring (bicyclic) bond motifs is 1. The van der Waals surface area contributed by atoms with Crippen LogP contribution in [0.15, 0.2) is 0 Å². The maximum atomic E-state index is 5.76. The number of ether oxygens (including phenoxy) is 4. The van der Waals surface area contributed by atoms with Crippen LogP contribution in [-0.2, 0) is 18.9 Å². The minimum absolute atomic E-state index is 0.0333. The minimum Gasteiger partial charge on any atom is -0.373 e. The Hall–Kier alpha value is 0.540. The first-order chi connectivity index (χ1) is 8.86. The third kappa shape index (κ3) is 3.77. The summed E-state index contributed by atoms with van der Waals surface area (Å²) in [5.41, 5.74) is 0. The molecule has 2 aliphatic rings. The van der Waals surface area contributed by atoms with Gasteiger partial charge in [-0.2, -0.15) is 25.3 Å². The van der Waals surface area contributed by atoms with E-state index in [1.165, 1.54) is 0 Å². The van der Waals surface area contributed by atoms with Crippen LogP contribution in [0.1, 0.15) is 12.8 Å². The first kappa shape index (κ1) is 14.9. The summed E-state index contributed by atoms with van der Waals surface area (Å²) in [7, 11) is 0. The van der Waals surface area contributed by atoms with Gasteiger partial charge in [-0.05, 0) is 24.3 Å². The lowest BCUT2D eigenvalue weighted by Gasteiger charge is -2.17. The van der Waals surface area contributed by atoms with Gasteiger partial charge in [0, 0.05) is 13.2 Å². The monoisotopic (exact) mass is 294 g/mol. The van der Waals surface area contributed by atoms with Crippen LogP contribution in [0.5, 0.6) is 0 Å². The van der Waals surface area contributed by atoms with Gasteiger partial charge in [0.05, 0.1) is 13.2 Å². The van der Waals surface area contributed by atoms with E-state index in [4.69, 9.17) is 18.9 Å². The van der Waals surface area contributed by atoms with Crippen LogP contribution in [-0.4, -0.2) is 62.3 Å². The van der Waals surface area contributed by atoms with Crippen molar-refractivity contribution in [3.05, 3.63) is 0 Å². The van der Waals surface area contributed by atoms with Crippen molar-refractivity contribution in [3.8, 4) is 0 Å². The molecule has 0 aromatic carbocycles. The smallest absolute Gasteiger partial charge is 0.115 e. The fourth-order valence-electron chi connectivity index (χ4n) is 2.31. The quantitative estimate of drug-likeness (QED) is 0.521. The van der Waals surface area contributed by atoms with Crippen molar-refractivity contribution in [1.29, 1.82) is 0 Å². The number of hydrogen-bond donors (Lipinski definition) is 2. The molecule has 6 heteroatoms. The topological polar surface area (TPSA) is 36.9 Å². The highest BCUT2D eigenvalue weighted by Crippen LogP contribution is 2.30. The van der Waals surface area contributed by atoms with Crippen molar-refractivity contribution in [2.45, 2.75) is 37.3 Å². The van der Waals surface area contributed by atoms with Crippen molar-refractivity contribution >= 4 is 25.3 Å². The average molecular weight is 294 g/mol. The van der Waals surface area contributed by atoms with Crippen molar-refractivity contribution < 1.29 is 18.9 Å². The van der Waals surface area contributed by atoms with Crippen molar-refractivity contribution in [2.24, 2.45) is 0 Å². The summed E-state index contributed by atoms with van der Waals surface area (Å²) in [5.74, 6) is 1.69. The van der Waals surface area contributed by atoms with Crippen LogP contribution in [0.4, 0.5) is 0 Å². The second-order valence-corrected chi connectivity index (χ2v) is 5.46. The van der Waals surface area contributed by atoms with E-state index >= 15 is 0 Å². The standard InChI is InChI=1S/C12H22O4S2/c17-5-1-3-13-9-7-15-12-10(8-16-11(9)12)14-4-2-6-18/h9-12,17-18H,1-8H2/t9-,10+,11-,12-/m1/s1. The van der Waals surface area contributed by atoms with E-state index in [1.807, 2.05) is 0 Å². The zero-order chi connectivity index (χ0) is 12.8. The van der Waals surface area contributed by atoms with E-state index in [9.17, 15) is 0 Å². The maximum Gasteiger partial charge on any atom is 0.115 e. The highest BCUT2D eigenvalue weighted by atomic mass is 32.1. The van der Waals surface area contributed by atoms with Gasteiger partial charge in [-0.15, -0.1) is 0 Å². The molecule has 4 atom stereocenters. The molecule has 2 fully saturated rings. The van der Waals surface area contributed by atoms with E-state index in [0.29, 0.717) is 13.2 Å². The summed E-state index contributed by atoms with van der Waals surface area (Å²) >= 11 is 8.33. The fourth-order valence-corrected chi connectivity index (χ4v) is 2.57. The molecule has 106 valence electrons. The first-order valence-electron chi connectivity index (χ1n) is 6.55. The summed E-state index contributed by atoms with van der Waals surface area (Å²) < 4.78 is 23.0. The predicted octanol–water partition coefficient (Wildman–Crippen LogP) is 1.19. The summed E-state index contributed by atoms with van der Waals surface area (Å²) in [5, 5.41) is 0. The van der Waals surface area contributed by atoms with Gasteiger partial charge in [-0.3, -0.25) is 0 Å². The lowest BCUT2D eigenvalue weighted by Crippen LogP contribution is -2.34. The van der Waals surface area contributed by atoms with Gasteiger partial charge in [0.1, 0.15) is 24.4 Å². The number of rotatable bonds is 8. The van der Waals surface area contributed by atoms with Crippen molar-refractivity contribution in [2.75, 3.05) is 37.9 Å². The Balaban J connectivity index is 1.72. The molecule has 0 amide bonds. The molecule has 18 heavy (non-hydrogen) atoms. The zero-order valence-electron chi connectivity index (χ0n) is 10.5. The van der Waals surface area contributed by atoms with E-state index < -0.39 is 0 Å². The second-order valence-electron chi connectivity index (χ2n) is 4.57. The Labute approximate surface area is 120 Å². The molecule has 4 nitrogen and oxygen atoms in total. The highest BCUT2D eigenvalue weighted by molar-refractivity contribution is 7.80. The first-order valence-corrected chi connectivity index (χ1v) is 7.81. The minimum atomic E-state index is 0.0333. The maximum absolute atomic E-state index is 5.76. The molecule has 0 bridgehead atoms. The van der Waals surface area contributed by atoms with Crippen LogP contribution < -0.4 is 0 Å². The Morgan fingerprint density at radius 2 is 1.28 bits per heavy atom. The van der Waals surface area contributed by atoms with E-state index in [0.717, 1.165) is 37.6 Å². The summed E-state index contributed by atoms with van der Waals surface area (Å²) in [6, 6.07) is 0. The normalized spacial score (nSPS) is 35.0. The molecule has 0 N–H and O–H groups in total. The lowest BCUT2D eigenvalue weighted by molar-refractivity contribution is -0.0497. The van der Waals surface area contributed by atoms with Crippen LogP contribution >= 0.6 is 25.3 Å². The zero-order valence-corrected chi connectivity index (χ0v) is 12.3. The molecular formula is C12H22O4S2. The molecular weight excluding hydrogens is 272 g/mol. The molecule has 0 aliphatic carbocycles. The SMILES string of the molecule is SCCCO[C@H]1CO[C@H]2[C@@H]1OC[C@H]2OCCCS. The molecule has 2 saturated heterocycles. The molecule has 0 aromatic rings. The Morgan fingerprint density at radius 3 is 1.67 bits per heavy atom. The molecule has 0 aromatic heterocycles. The number of hydrogen-bond acceptors (Lipinski definition) is 6. The molecule has 0 radical (unpaired) electrons. The lowest BCUT2D eigenvalue weighted by atomic mass is 10.1. The van der Waals surface area contributed by atoms with Gasteiger partial charge >= 0.3 is 0 Å². The van der Waals surface area contributed by atoms with E-state index in [-0.39, 0.29) is 24.4 Å². The summed E-state index contributed by atoms with van der Waals surface area (Å²) in [4.78, 5) is 0. The largest absolute Gasteiger partial charge is 0.373 e. The molecule has 0 unspecified atom stereocenters. The molecule has 0 saturated carbocycles. The highest BCUT2D eigenvalue weighted by Gasteiger charge is 2.48. The summed E-state index contributed by atoms with van der Waals surface area (Å²) in [6.07, 6.45) is 2.08. The fraction of sp³-hybridized carbons (Fsp3) is 1.00. The van der Waals surface area contributed by atoms with Crippen molar-refractivity contribution in [1.82, 2.24) is 0 Å². The predicted molar refractivity (Wildman–Crippen MR) is 75.9 cm³/mol. The van der Waals surface area contributed by atoms with Crippen LogP contribution in [0.2, 0.25) is 0 Å². The molecule has 2 aliphatic heterocycles. The van der Waals surface area contributed by atoms with Gasteiger partial charge in [0.2, 0.25) is 0 Å². The average Bonchev–Trinajstić information content (AvgIpc) is 2.94. The van der Waals surface area contributed by atoms with Gasteiger partial charge in [0.25, 0.3) is 0 Å². The van der Waals surface area contributed by atoms with E-state index in [1.54, 1.807) is 0 Å². The third-order valence-corrected chi connectivity index (χ3v) is 3.86. The second kappa shape index (κ2) is 7.97. The van der Waals surface area contributed by atoms with Crippen molar-refractivity contribution in [3.63, 3.8) is 0 Å². The van der Waals surface area contributed by atoms with Crippen LogP contribution in [0.3, 0.4) is 0 Å². The van der Waals surface area contributed by atoms with E-state index in [2.05, 4.69) is 25.3 Å². The summed E-state index contributed by atoms with van der Waals surface area (Å²) in [6.45, 7) is 2.65. The Kier molecular flexibility index (Phi) is 6.61. The van der Waals surface area contributed by atoms with Gasteiger partial charge in [-0.1, -0.05) is 0 Å². The Morgan fingerprint density at radius 1 is 0.833 bits per heavy atom. The molecule has 0 spiro atoms. The third-order valence-electron chi connectivity index (χ3n) is 3.23. The van der Waals surface area contributed by atoms with Gasteiger partial charge < -0.3 is 18.9 Å². The molecule has 2 rings (SSSR count). The number of thiol groups is 2. The van der Waals surface area contributed by atoms with Crippen LogP contribution in [0, 0.1) is 0 Å². The Bertz CT molecular complexity index is 218. The van der Waals surface area contributed by atoms with Gasteiger partial charge in [-0.25, -0.2) is 0 Å². The molecule has 2 heterocycles.